The Kier molecular flexibility index (Phi) is 5.35. The number of hydrogen-bond acceptors (Lipinski definition) is 5. The molecule has 0 atom stereocenters. The van der Waals surface area contributed by atoms with Gasteiger partial charge in [0.2, 0.25) is 10.0 Å². The maximum Gasteiger partial charge on any atom is 0.241 e. The molecule has 1 aliphatic carbocycles. The maximum absolute atomic E-state index is 11.9. The summed E-state index contributed by atoms with van der Waals surface area (Å²) in [7, 11) is -3.48. The standard InChI is InChI=1S/C12H19NO4S2/c14-8-11-7-12(9-18-11)19(15,16)13-5-6-17-10-3-1-2-4-10/h7,9-10,13-14H,1-6,8H2. The molecule has 1 fully saturated rings. The number of sulfonamides is 1. The Balaban J connectivity index is 1.77. The third-order valence-corrected chi connectivity index (χ3v) is 5.66. The van der Waals surface area contributed by atoms with Gasteiger partial charge in [0, 0.05) is 16.8 Å². The first-order valence-electron chi connectivity index (χ1n) is 6.41. The van der Waals surface area contributed by atoms with Gasteiger partial charge < -0.3 is 9.84 Å². The van der Waals surface area contributed by atoms with Gasteiger partial charge in [-0.3, -0.25) is 0 Å². The zero-order valence-electron chi connectivity index (χ0n) is 10.7. The second-order valence-electron chi connectivity index (χ2n) is 4.58. The van der Waals surface area contributed by atoms with Crippen LogP contribution in [0, 0.1) is 0 Å². The highest BCUT2D eigenvalue weighted by molar-refractivity contribution is 7.89. The van der Waals surface area contributed by atoms with Gasteiger partial charge >= 0.3 is 0 Å². The van der Waals surface area contributed by atoms with Crippen molar-refractivity contribution in [3.8, 4) is 0 Å². The highest BCUT2D eigenvalue weighted by atomic mass is 32.2. The van der Waals surface area contributed by atoms with Crippen LogP contribution in [0.4, 0.5) is 0 Å². The van der Waals surface area contributed by atoms with E-state index in [1.807, 2.05) is 0 Å². The van der Waals surface area contributed by atoms with Crippen LogP contribution in [-0.4, -0.2) is 32.8 Å². The number of thiophene rings is 1. The molecule has 0 radical (unpaired) electrons. The highest BCUT2D eigenvalue weighted by Gasteiger charge is 2.17. The quantitative estimate of drug-likeness (QED) is 0.748. The summed E-state index contributed by atoms with van der Waals surface area (Å²) in [6, 6.07) is 1.49. The summed E-state index contributed by atoms with van der Waals surface area (Å²) < 4.78 is 31.9. The summed E-state index contributed by atoms with van der Waals surface area (Å²) in [5.74, 6) is 0. The third kappa shape index (κ3) is 4.25. The Morgan fingerprint density at radius 1 is 1.42 bits per heavy atom. The predicted molar refractivity (Wildman–Crippen MR) is 73.6 cm³/mol. The van der Waals surface area contributed by atoms with Crippen LogP contribution < -0.4 is 4.72 Å². The molecule has 0 saturated heterocycles. The van der Waals surface area contributed by atoms with E-state index in [-0.39, 0.29) is 18.0 Å². The smallest absolute Gasteiger partial charge is 0.241 e. The second kappa shape index (κ2) is 6.81. The predicted octanol–water partition coefficient (Wildman–Crippen LogP) is 1.48. The lowest BCUT2D eigenvalue weighted by Gasteiger charge is -2.11. The van der Waals surface area contributed by atoms with Crippen molar-refractivity contribution in [2.45, 2.75) is 43.3 Å². The molecule has 7 heteroatoms. The Hall–Kier alpha value is -0.470. The Bertz CT molecular complexity index is 492. The molecule has 0 unspecified atom stereocenters. The fourth-order valence-electron chi connectivity index (χ4n) is 2.12. The zero-order chi connectivity index (χ0) is 13.7. The first kappa shape index (κ1) is 14.9. The van der Waals surface area contributed by atoms with E-state index in [4.69, 9.17) is 9.84 Å². The van der Waals surface area contributed by atoms with E-state index in [9.17, 15) is 8.42 Å². The number of hydrogen-bond donors (Lipinski definition) is 2. The Morgan fingerprint density at radius 3 is 2.79 bits per heavy atom. The van der Waals surface area contributed by atoms with Gasteiger partial charge in [0.05, 0.1) is 24.2 Å². The molecule has 1 heterocycles. The lowest BCUT2D eigenvalue weighted by atomic mass is 10.3. The largest absolute Gasteiger partial charge is 0.391 e. The number of nitrogens with one attached hydrogen (secondary N) is 1. The minimum atomic E-state index is -3.48. The Labute approximate surface area is 117 Å². The van der Waals surface area contributed by atoms with Crippen molar-refractivity contribution in [1.82, 2.24) is 4.72 Å². The van der Waals surface area contributed by atoms with Crippen molar-refractivity contribution in [3.05, 3.63) is 16.3 Å². The van der Waals surface area contributed by atoms with E-state index < -0.39 is 10.0 Å². The minimum absolute atomic E-state index is 0.134. The van der Waals surface area contributed by atoms with Gasteiger partial charge in [-0.25, -0.2) is 13.1 Å². The van der Waals surface area contributed by atoms with Crippen molar-refractivity contribution in [2.24, 2.45) is 0 Å². The van der Waals surface area contributed by atoms with Crippen LogP contribution in [0.5, 0.6) is 0 Å². The van der Waals surface area contributed by atoms with Crippen LogP contribution >= 0.6 is 11.3 Å². The third-order valence-electron chi connectivity index (χ3n) is 3.15. The van der Waals surface area contributed by atoms with Crippen LogP contribution in [0.1, 0.15) is 30.6 Å². The second-order valence-corrected chi connectivity index (χ2v) is 7.34. The van der Waals surface area contributed by atoms with Gasteiger partial charge in [-0.05, 0) is 18.9 Å². The van der Waals surface area contributed by atoms with E-state index in [1.54, 1.807) is 0 Å². The van der Waals surface area contributed by atoms with Gasteiger partial charge in [0.1, 0.15) is 0 Å². The van der Waals surface area contributed by atoms with Crippen molar-refractivity contribution < 1.29 is 18.3 Å². The molecule has 0 aromatic carbocycles. The van der Waals surface area contributed by atoms with E-state index in [2.05, 4.69) is 4.72 Å². The molecular weight excluding hydrogens is 286 g/mol. The summed E-state index contributed by atoms with van der Waals surface area (Å²) >= 11 is 1.24. The van der Waals surface area contributed by atoms with E-state index in [1.165, 1.54) is 35.6 Å². The molecular formula is C12H19NO4S2. The van der Waals surface area contributed by atoms with Gasteiger partial charge in [0.25, 0.3) is 0 Å². The molecule has 5 nitrogen and oxygen atoms in total. The minimum Gasteiger partial charge on any atom is -0.391 e. The number of aliphatic hydroxyl groups excluding tert-OH is 1. The summed E-state index contributed by atoms with van der Waals surface area (Å²) in [5, 5.41) is 10.5. The average Bonchev–Trinajstić information content (AvgIpc) is 3.05. The van der Waals surface area contributed by atoms with Gasteiger partial charge in [-0.2, -0.15) is 0 Å². The molecule has 0 amide bonds. The van der Waals surface area contributed by atoms with Crippen LogP contribution in [0.25, 0.3) is 0 Å². The molecule has 2 rings (SSSR count). The highest BCUT2D eigenvalue weighted by Crippen LogP contribution is 2.21. The van der Waals surface area contributed by atoms with Crippen LogP contribution in [0.15, 0.2) is 16.3 Å². The number of rotatable bonds is 7. The monoisotopic (exact) mass is 305 g/mol. The maximum atomic E-state index is 11.9. The summed E-state index contributed by atoms with van der Waals surface area (Å²) in [5.41, 5.74) is 0. The molecule has 1 aromatic heterocycles. The molecule has 108 valence electrons. The first-order valence-corrected chi connectivity index (χ1v) is 8.77. The van der Waals surface area contributed by atoms with Crippen LogP contribution in [-0.2, 0) is 21.4 Å². The zero-order valence-corrected chi connectivity index (χ0v) is 12.3. The topological polar surface area (TPSA) is 75.6 Å². The molecule has 1 aromatic rings. The fraction of sp³-hybridized carbons (Fsp3) is 0.667. The summed E-state index contributed by atoms with van der Waals surface area (Å²) in [6.45, 7) is 0.551. The van der Waals surface area contributed by atoms with Crippen molar-refractivity contribution >= 4 is 21.4 Å². The van der Waals surface area contributed by atoms with E-state index in [0.717, 1.165) is 12.8 Å². The van der Waals surface area contributed by atoms with Crippen molar-refractivity contribution in [3.63, 3.8) is 0 Å². The van der Waals surface area contributed by atoms with Crippen LogP contribution in [0.2, 0.25) is 0 Å². The lowest BCUT2D eigenvalue weighted by Crippen LogP contribution is -2.28. The van der Waals surface area contributed by atoms with Crippen molar-refractivity contribution in [2.75, 3.05) is 13.2 Å². The fourth-order valence-corrected chi connectivity index (χ4v) is 4.27. The molecule has 0 spiro atoms. The Morgan fingerprint density at radius 2 is 2.16 bits per heavy atom. The molecule has 2 N–H and O–H groups in total. The molecule has 0 bridgehead atoms. The first-order chi connectivity index (χ1) is 9.12. The summed E-state index contributed by atoms with van der Waals surface area (Å²) in [4.78, 5) is 0.852. The molecule has 1 saturated carbocycles. The average molecular weight is 305 g/mol. The van der Waals surface area contributed by atoms with E-state index in [0.29, 0.717) is 17.6 Å². The van der Waals surface area contributed by atoms with Gasteiger partial charge in [-0.15, -0.1) is 11.3 Å². The van der Waals surface area contributed by atoms with E-state index >= 15 is 0 Å². The summed E-state index contributed by atoms with van der Waals surface area (Å²) in [6.07, 6.45) is 4.87. The normalized spacial score (nSPS) is 17.1. The van der Waals surface area contributed by atoms with Gasteiger partial charge in [-0.1, -0.05) is 12.8 Å². The van der Waals surface area contributed by atoms with Crippen molar-refractivity contribution in [1.29, 1.82) is 0 Å². The van der Waals surface area contributed by atoms with Crippen LogP contribution in [0.3, 0.4) is 0 Å². The molecule has 1 aliphatic rings. The SMILES string of the molecule is O=S(=O)(NCCOC1CCCC1)c1csc(CO)c1. The number of aliphatic hydroxyl groups is 1. The molecule has 0 aliphatic heterocycles. The lowest BCUT2D eigenvalue weighted by molar-refractivity contribution is 0.0626. The number of ether oxygens (including phenoxy) is 1. The van der Waals surface area contributed by atoms with Gasteiger partial charge in [0.15, 0.2) is 0 Å². The molecule has 19 heavy (non-hydrogen) atoms.